The van der Waals surface area contributed by atoms with Crippen molar-refractivity contribution in [3.8, 4) is 5.75 Å². The second-order valence-corrected chi connectivity index (χ2v) is 6.48. The first-order chi connectivity index (χ1) is 13.0. The summed E-state index contributed by atoms with van der Waals surface area (Å²) in [4.78, 5) is 35.0. The molecular weight excluding hydrogens is 350 g/mol. The first kappa shape index (κ1) is 17.1. The van der Waals surface area contributed by atoms with Crippen molar-refractivity contribution in [3.05, 3.63) is 57.0 Å². The van der Waals surface area contributed by atoms with Gasteiger partial charge in [0.25, 0.3) is 5.56 Å². The maximum absolute atomic E-state index is 12.8. The lowest BCUT2D eigenvalue weighted by atomic mass is 10.0. The fourth-order valence-corrected chi connectivity index (χ4v) is 3.24. The molecule has 0 saturated heterocycles. The monoisotopic (exact) mass is 369 g/mol. The van der Waals surface area contributed by atoms with Gasteiger partial charge in [-0.3, -0.25) is 13.9 Å². The zero-order valence-electron chi connectivity index (χ0n) is 15.2. The lowest BCUT2D eigenvalue weighted by molar-refractivity contribution is 0.0706. The van der Waals surface area contributed by atoms with Crippen molar-refractivity contribution in [2.24, 2.45) is 19.3 Å². The minimum Gasteiger partial charge on any atom is -0.497 e. The number of hydrogen-bond donors (Lipinski definition) is 0. The lowest BCUT2D eigenvalue weighted by Crippen LogP contribution is -2.42. The van der Waals surface area contributed by atoms with Crippen LogP contribution in [0.2, 0.25) is 0 Å². The van der Waals surface area contributed by atoms with Crippen LogP contribution in [0.5, 0.6) is 5.75 Å². The minimum absolute atomic E-state index is 0.121. The molecule has 1 aliphatic heterocycles. The molecule has 0 spiro atoms. The van der Waals surface area contributed by atoms with Gasteiger partial charge in [0.1, 0.15) is 5.75 Å². The van der Waals surface area contributed by atoms with Gasteiger partial charge in [-0.15, -0.1) is 0 Å². The van der Waals surface area contributed by atoms with Crippen molar-refractivity contribution < 1.29 is 9.57 Å². The average Bonchev–Trinajstić information content (AvgIpc) is 3.30. The highest BCUT2D eigenvalue weighted by atomic mass is 16.6. The van der Waals surface area contributed by atoms with Crippen molar-refractivity contribution in [1.82, 2.24) is 18.7 Å². The largest absolute Gasteiger partial charge is 0.497 e. The zero-order chi connectivity index (χ0) is 19.1. The molecule has 0 saturated carbocycles. The number of aryl methyl sites for hydroxylation is 2. The van der Waals surface area contributed by atoms with E-state index < -0.39 is 11.8 Å². The van der Waals surface area contributed by atoms with E-state index in [9.17, 15) is 9.59 Å². The van der Waals surface area contributed by atoms with E-state index in [1.807, 2.05) is 24.3 Å². The van der Waals surface area contributed by atoms with Gasteiger partial charge in [-0.1, -0.05) is 5.16 Å². The van der Waals surface area contributed by atoms with Crippen LogP contribution in [0.1, 0.15) is 12.0 Å². The number of ether oxygens (including phenoxy) is 1. The van der Waals surface area contributed by atoms with Gasteiger partial charge in [-0.25, -0.2) is 9.78 Å². The molecular formula is C18H19N5O4. The number of nitrogens with zero attached hydrogens (tertiary/aromatic N) is 5. The van der Waals surface area contributed by atoms with Gasteiger partial charge < -0.3 is 14.1 Å². The van der Waals surface area contributed by atoms with Gasteiger partial charge in [-0.2, -0.15) is 0 Å². The molecule has 0 aliphatic carbocycles. The Morgan fingerprint density at radius 3 is 2.67 bits per heavy atom. The summed E-state index contributed by atoms with van der Waals surface area (Å²) in [6, 6.07) is 7.50. The summed E-state index contributed by atoms with van der Waals surface area (Å²) < 4.78 is 9.32. The number of methoxy groups -OCH3 is 1. The summed E-state index contributed by atoms with van der Waals surface area (Å²) in [5.74, 6) is 0.759. The molecule has 9 nitrogen and oxygen atoms in total. The van der Waals surface area contributed by atoms with Crippen molar-refractivity contribution in [2.75, 3.05) is 7.11 Å². The Bertz CT molecular complexity index is 1150. The van der Waals surface area contributed by atoms with E-state index >= 15 is 0 Å². The van der Waals surface area contributed by atoms with Gasteiger partial charge in [0, 0.05) is 20.5 Å². The van der Waals surface area contributed by atoms with E-state index in [0.29, 0.717) is 17.6 Å². The predicted octanol–water partition coefficient (Wildman–Crippen LogP) is 0.635. The smallest absolute Gasteiger partial charge is 0.332 e. The summed E-state index contributed by atoms with van der Waals surface area (Å²) in [6.07, 6.45) is 1.64. The second kappa shape index (κ2) is 6.42. The molecule has 0 unspecified atom stereocenters. The van der Waals surface area contributed by atoms with E-state index in [2.05, 4.69) is 10.1 Å². The molecule has 0 fully saturated rings. The maximum Gasteiger partial charge on any atom is 0.332 e. The number of aromatic nitrogens is 4. The first-order valence-electron chi connectivity index (χ1n) is 8.47. The molecule has 0 radical (unpaired) electrons. The van der Waals surface area contributed by atoms with Gasteiger partial charge in [0.15, 0.2) is 17.3 Å². The van der Waals surface area contributed by atoms with Crippen LogP contribution >= 0.6 is 0 Å². The minimum atomic E-state index is -0.423. The van der Waals surface area contributed by atoms with Crippen LogP contribution in [0.4, 0.5) is 0 Å². The third-order valence-electron chi connectivity index (χ3n) is 4.74. The molecule has 9 heteroatoms. The highest BCUT2D eigenvalue weighted by molar-refractivity contribution is 6.01. The van der Waals surface area contributed by atoms with Crippen molar-refractivity contribution in [2.45, 2.75) is 19.1 Å². The Morgan fingerprint density at radius 1 is 1.22 bits per heavy atom. The normalized spacial score (nSPS) is 16.4. The molecule has 3 aromatic rings. The Balaban J connectivity index is 1.60. The van der Waals surface area contributed by atoms with E-state index in [-0.39, 0.29) is 12.1 Å². The average molecular weight is 369 g/mol. The van der Waals surface area contributed by atoms with Gasteiger partial charge in [0.05, 0.1) is 25.7 Å². The Kier molecular flexibility index (Phi) is 4.06. The number of rotatable bonds is 4. The molecule has 0 amide bonds. The molecule has 0 bridgehead atoms. The van der Waals surface area contributed by atoms with Gasteiger partial charge in [0.2, 0.25) is 0 Å². The summed E-state index contributed by atoms with van der Waals surface area (Å²) in [7, 11) is 4.93. The quantitative estimate of drug-likeness (QED) is 0.673. The van der Waals surface area contributed by atoms with Crippen LogP contribution in [0, 0.1) is 0 Å². The zero-order valence-corrected chi connectivity index (χ0v) is 15.2. The van der Waals surface area contributed by atoms with Gasteiger partial charge in [-0.05, 0) is 29.8 Å². The highest BCUT2D eigenvalue weighted by Gasteiger charge is 2.25. The topological polar surface area (TPSA) is 92.6 Å². The van der Waals surface area contributed by atoms with Crippen molar-refractivity contribution >= 4 is 16.9 Å². The number of hydrogen-bond acceptors (Lipinski definition) is 6. The molecule has 4 rings (SSSR count). The third kappa shape index (κ3) is 2.80. The fraction of sp³-hybridized carbons (Fsp3) is 0.333. The molecule has 1 aromatic carbocycles. The Labute approximate surface area is 154 Å². The van der Waals surface area contributed by atoms with Gasteiger partial charge >= 0.3 is 5.69 Å². The SMILES string of the molecule is COc1ccc(C2=NO[C@@H](Cn3c(=O)c4c(ncn4C)n(C)c3=O)C2)cc1. The summed E-state index contributed by atoms with van der Waals surface area (Å²) in [5, 5.41) is 4.12. The Morgan fingerprint density at radius 2 is 1.96 bits per heavy atom. The molecule has 140 valence electrons. The van der Waals surface area contributed by atoms with Crippen LogP contribution < -0.4 is 16.0 Å². The molecule has 27 heavy (non-hydrogen) atoms. The maximum atomic E-state index is 12.8. The predicted molar refractivity (Wildman–Crippen MR) is 99.2 cm³/mol. The molecule has 0 N–H and O–H groups in total. The second-order valence-electron chi connectivity index (χ2n) is 6.48. The fourth-order valence-electron chi connectivity index (χ4n) is 3.24. The van der Waals surface area contributed by atoms with E-state index in [4.69, 9.17) is 9.57 Å². The summed E-state index contributed by atoms with van der Waals surface area (Å²) in [5.41, 5.74) is 1.63. The molecule has 1 aliphatic rings. The van der Waals surface area contributed by atoms with Crippen LogP contribution in [0.3, 0.4) is 0 Å². The molecule has 1 atom stereocenters. The van der Waals surface area contributed by atoms with Crippen LogP contribution in [0.15, 0.2) is 45.3 Å². The third-order valence-corrected chi connectivity index (χ3v) is 4.74. The summed E-state index contributed by atoms with van der Waals surface area (Å²) >= 11 is 0. The van der Waals surface area contributed by atoms with Crippen molar-refractivity contribution in [1.29, 1.82) is 0 Å². The summed E-state index contributed by atoms with van der Waals surface area (Å²) in [6.45, 7) is 0.121. The van der Waals surface area contributed by atoms with Crippen LogP contribution in [0.25, 0.3) is 11.2 Å². The number of imidazole rings is 1. The standard InChI is InChI=1S/C18H19N5O4/c1-21-10-19-16-15(21)17(24)23(18(25)22(16)2)9-13-8-14(20-27-13)11-4-6-12(26-3)7-5-11/h4-7,10,13H,8-9H2,1-3H3/t13-/m1/s1. The number of oxime groups is 1. The Hall–Kier alpha value is -3.36. The molecule has 2 aromatic heterocycles. The highest BCUT2D eigenvalue weighted by Crippen LogP contribution is 2.20. The van der Waals surface area contributed by atoms with E-state index in [0.717, 1.165) is 17.0 Å². The molecule has 3 heterocycles. The van der Waals surface area contributed by atoms with Crippen LogP contribution in [-0.2, 0) is 25.5 Å². The number of benzene rings is 1. The van der Waals surface area contributed by atoms with E-state index in [1.54, 1.807) is 25.8 Å². The van der Waals surface area contributed by atoms with Crippen molar-refractivity contribution in [3.63, 3.8) is 0 Å². The lowest BCUT2D eigenvalue weighted by Gasteiger charge is -2.12. The number of fused-ring (bicyclic) bond motifs is 1. The van der Waals surface area contributed by atoms with E-state index in [1.165, 1.54) is 15.5 Å². The first-order valence-corrected chi connectivity index (χ1v) is 8.47. The van der Waals surface area contributed by atoms with Crippen LogP contribution in [-0.4, -0.2) is 37.6 Å².